The fourth-order valence-corrected chi connectivity index (χ4v) is 2.33. The van der Waals surface area contributed by atoms with E-state index >= 15 is 0 Å². The molecule has 1 aromatic heterocycles. The molecule has 2 atom stereocenters. The SMILES string of the molecule is CCC(C)[C@H](N)c1nc(Cc2cc(C)cc(C)c2)no1. The third-order valence-corrected chi connectivity index (χ3v) is 3.67. The molecule has 1 aromatic carbocycles. The lowest BCUT2D eigenvalue weighted by atomic mass is 10.0. The van der Waals surface area contributed by atoms with Gasteiger partial charge in [-0.25, -0.2) is 0 Å². The molecule has 108 valence electrons. The highest BCUT2D eigenvalue weighted by molar-refractivity contribution is 5.30. The van der Waals surface area contributed by atoms with Gasteiger partial charge in [0.1, 0.15) is 0 Å². The van der Waals surface area contributed by atoms with E-state index in [1.807, 2.05) is 0 Å². The minimum Gasteiger partial charge on any atom is -0.338 e. The summed E-state index contributed by atoms with van der Waals surface area (Å²) in [7, 11) is 0. The molecular weight excluding hydrogens is 250 g/mol. The van der Waals surface area contributed by atoms with Gasteiger partial charge < -0.3 is 10.3 Å². The number of rotatable bonds is 5. The fraction of sp³-hybridized carbons (Fsp3) is 0.500. The van der Waals surface area contributed by atoms with Crippen LogP contribution in [0.4, 0.5) is 0 Å². The van der Waals surface area contributed by atoms with Crippen molar-refractivity contribution >= 4 is 0 Å². The summed E-state index contributed by atoms with van der Waals surface area (Å²) in [6.07, 6.45) is 1.68. The van der Waals surface area contributed by atoms with E-state index in [2.05, 4.69) is 56.0 Å². The van der Waals surface area contributed by atoms with Crippen LogP contribution in [0.25, 0.3) is 0 Å². The van der Waals surface area contributed by atoms with Crippen molar-refractivity contribution in [2.75, 3.05) is 0 Å². The predicted octanol–water partition coefficient (Wildman–Crippen LogP) is 3.32. The Kier molecular flexibility index (Phi) is 4.55. The van der Waals surface area contributed by atoms with Gasteiger partial charge in [-0.15, -0.1) is 0 Å². The first kappa shape index (κ1) is 14.7. The molecule has 2 aromatic rings. The van der Waals surface area contributed by atoms with Gasteiger partial charge >= 0.3 is 0 Å². The van der Waals surface area contributed by atoms with Crippen LogP contribution in [0.3, 0.4) is 0 Å². The number of hydrogen-bond acceptors (Lipinski definition) is 4. The van der Waals surface area contributed by atoms with Crippen molar-refractivity contribution in [2.24, 2.45) is 11.7 Å². The summed E-state index contributed by atoms with van der Waals surface area (Å²) in [5.41, 5.74) is 9.81. The van der Waals surface area contributed by atoms with Crippen molar-refractivity contribution in [1.29, 1.82) is 0 Å². The zero-order valence-electron chi connectivity index (χ0n) is 12.7. The summed E-state index contributed by atoms with van der Waals surface area (Å²) in [6, 6.07) is 6.28. The quantitative estimate of drug-likeness (QED) is 0.907. The van der Waals surface area contributed by atoms with Gasteiger partial charge in [-0.05, 0) is 25.3 Å². The largest absolute Gasteiger partial charge is 0.338 e. The van der Waals surface area contributed by atoms with Crippen LogP contribution < -0.4 is 5.73 Å². The third kappa shape index (κ3) is 3.45. The van der Waals surface area contributed by atoms with Gasteiger partial charge in [-0.2, -0.15) is 4.98 Å². The Balaban J connectivity index is 2.13. The highest BCUT2D eigenvalue weighted by Crippen LogP contribution is 2.21. The van der Waals surface area contributed by atoms with Crippen LogP contribution in [0.1, 0.15) is 54.7 Å². The van der Waals surface area contributed by atoms with Crippen molar-refractivity contribution < 1.29 is 4.52 Å². The predicted molar refractivity (Wildman–Crippen MR) is 79.4 cm³/mol. The van der Waals surface area contributed by atoms with Crippen LogP contribution in [-0.2, 0) is 6.42 Å². The maximum Gasteiger partial charge on any atom is 0.243 e. The van der Waals surface area contributed by atoms with E-state index in [0.717, 1.165) is 6.42 Å². The summed E-state index contributed by atoms with van der Waals surface area (Å²) in [4.78, 5) is 4.43. The van der Waals surface area contributed by atoms with E-state index in [1.54, 1.807) is 0 Å². The molecule has 0 radical (unpaired) electrons. The number of nitrogens with zero attached hydrogens (tertiary/aromatic N) is 2. The molecular formula is C16H23N3O. The Bertz CT molecular complexity index is 557. The molecule has 0 amide bonds. The lowest BCUT2D eigenvalue weighted by Crippen LogP contribution is -2.18. The van der Waals surface area contributed by atoms with Crippen molar-refractivity contribution in [2.45, 2.75) is 46.6 Å². The van der Waals surface area contributed by atoms with Gasteiger partial charge in [0.15, 0.2) is 5.82 Å². The minimum absolute atomic E-state index is 0.180. The second kappa shape index (κ2) is 6.18. The van der Waals surface area contributed by atoms with Crippen LogP contribution in [0.2, 0.25) is 0 Å². The average molecular weight is 273 g/mol. The third-order valence-electron chi connectivity index (χ3n) is 3.67. The maximum absolute atomic E-state index is 6.11. The van der Waals surface area contributed by atoms with E-state index in [-0.39, 0.29) is 6.04 Å². The number of benzene rings is 1. The maximum atomic E-state index is 6.11. The molecule has 2 N–H and O–H groups in total. The van der Waals surface area contributed by atoms with Crippen LogP contribution >= 0.6 is 0 Å². The van der Waals surface area contributed by atoms with E-state index < -0.39 is 0 Å². The zero-order chi connectivity index (χ0) is 14.7. The Morgan fingerprint density at radius 2 is 1.85 bits per heavy atom. The Morgan fingerprint density at radius 3 is 2.45 bits per heavy atom. The van der Waals surface area contributed by atoms with Crippen LogP contribution in [-0.4, -0.2) is 10.1 Å². The first-order chi connectivity index (χ1) is 9.49. The lowest BCUT2D eigenvalue weighted by molar-refractivity contribution is 0.310. The molecule has 20 heavy (non-hydrogen) atoms. The molecule has 0 aliphatic heterocycles. The van der Waals surface area contributed by atoms with Crippen molar-refractivity contribution in [3.8, 4) is 0 Å². The second-order valence-corrected chi connectivity index (χ2v) is 5.63. The minimum atomic E-state index is -0.180. The van der Waals surface area contributed by atoms with Gasteiger partial charge in [0, 0.05) is 6.42 Å². The molecule has 0 saturated carbocycles. The van der Waals surface area contributed by atoms with Crippen LogP contribution in [0.5, 0.6) is 0 Å². The first-order valence-electron chi connectivity index (χ1n) is 7.14. The van der Waals surface area contributed by atoms with Crippen molar-refractivity contribution in [1.82, 2.24) is 10.1 Å². The zero-order valence-corrected chi connectivity index (χ0v) is 12.7. The standard InChI is InChI=1S/C16H23N3O/c1-5-12(4)15(17)16-18-14(19-20-16)9-13-7-10(2)6-11(3)8-13/h6-8,12,15H,5,9,17H2,1-4H3/t12?,15-/m0/s1. The monoisotopic (exact) mass is 273 g/mol. The summed E-state index contributed by atoms with van der Waals surface area (Å²) >= 11 is 0. The summed E-state index contributed by atoms with van der Waals surface area (Å²) in [6.45, 7) is 8.39. The molecule has 0 aliphatic carbocycles. The Morgan fingerprint density at radius 1 is 1.20 bits per heavy atom. The van der Waals surface area contributed by atoms with Gasteiger partial charge in [-0.1, -0.05) is 54.8 Å². The Hall–Kier alpha value is -1.68. The number of hydrogen-bond donors (Lipinski definition) is 1. The van der Waals surface area contributed by atoms with Gasteiger partial charge in [0.25, 0.3) is 0 Å². The molecule has 0 fully saturated rings. The average Bonchev–Trinajstić information content (AvgIpc) is 2.84. The summed E-state index contributed by atoms with van der Waals surface area (Å²) in [5.74, 6) is 1.58. The topological polar surface area (TPSA) is 64.9 Å². The lowest BCUT2D eigenvalue weighted by Gasteiger charge is -2.12. The molecule has 0 bridgehead atoms. The first-order valence-corrected chi connectivity index (χ1v) is 7.14. The highest BCUT2D eigenvalue weighted by Gasteiger charge is 2.20. The van der Waals surface area contributed by atoms with Gasteiger partial charge in [0.2, 0.25) is 5.89 Å². The fourth-order valence-electron chi connectivity index (χ4n) is 2.33. The number of aryl methyl sites for hydroxylation is 2. The van der Waals surface area contributed by atoms with E-state index in [9.17, 15) is 0 Å². The van der Waals surface area contributed by atoms with E-state index in [1.165, 1.54) is 16.7 Å². The van der Waals surface area contributed by atoms with Crippen molar-refractivity contribution in [3.63, 3.8) is 0 Å². The number of aromatic nitrogens is 2. The smallest absolute Gasteiger partial charge is 0.243 e. The molecule has 4 nitrogen and oxygen atoms in total. The molecule has 4 heteroatoms. The molecule has 1 heterocycles. The summed E-state index contributed by atoms with van der Waals surface area (Å²) in [5, 5.41) is 4.04. The number of nitrogens with two attached hydrogens (primary N) is 1. The second-order valence-electron chi connectivity index (χ2n) is 5.63. The molecule has 1 unspecified atom stereocenters. The summed E-state index contributed by atoms with van der Waals surface area (Å²) < 4.78 is 5.30. The normalized spacial score (nSPS) is 14.2. The molecule has 2 rings (SSSR count). The highest BCUT2D eigenvalue weighted by atomic mass is 16.5. The van der Waals surface area contributed by atoms with Gasteiger partial charge in [-0.3, -0.25) is 0 Å². The van der Waals surface area contributed by atoms with E-state index in [4.69, 9.17) is 10.3 Å². The molecule has 0 aliphatic rings. The molecule has 0 spiro atoms. The van der Waals surface area contributed by atoms with Crippen molar-refractivity contribution in [3.05, 3.63) is 46.6 Å². The Labute approximate surface area is 120 Å². The molecule has 0 saturated heterocycles. The van der Waals surface area contributed by atoms with Gasteiger partial charge in [0.05, 0.1) is 6.04 Å². The van der Waals surface area contributed by atoms with Crippen LogP contribution in [0.15, 0.2) is 22.7 Å². The van der Waals surface area contributed by atoms with E-state index in [0.29, 0.717) is 24.1 Å². The van der Waals surface area contributed by atoms with Crippen LogP contribution in [0, 0.1) is 19.8 Å².